The van der Waals surface area contributed by atoms with Crippen LogP contribution in [0.3, 0.4) is 0 Å². The van der Waals surface area contributed by atoms with Crippen LogP contribution in [0.4, 0.5) is 8.78 Å². The van der Waals surface area contributed by atoms with Gasteiger partial charge in [0.1, 0.15) is 0 Å². The molecule has 1 atom stereocenters. The molecule has 0 heterocycles. The molecular formula is C14H12Cl2F2N2. The van der Waals surface area contributed by atoms with Crippen LogP contribution >= 0.6 is 23.2 Å². The second-order valence-corrected chi connectivity index (χ2v) is 5.18. The summed E-state index contributed by atoms with van der Waals surface area (Å²) in [6.45, 7) is 0. The molecular weight excluding hydrogens is 305 g/mol. The molecule has 0 aliphatic heterocycles. The maximum atomic E-state index is 13.2. The molecule has 6 heteroatoms. The summed E-state index contributed by atoms with van der Waals surface area (Å²) in [6, 6.07) is 8.45. The van der Waals surface area contributed by atoms with E-state index in [1.165, 1.54) is 6.07 Å². The third kappa shape index (κ3) is 3.46. The fourth-order valence-corrected chi connectivity index (χ4v) is 2.49. The normalized spacial score (nSPS) is 12.4. The molecule has 0 radical (unpaired) electrons. The van der Waals surface area contributed by atoms with Gasteiger partial charge in [-0.2, -0.15) is 0 Å². The minimum Gasteiger partial charge on any atom is -0.271 e. The van der Waals surface area contributed by atoms with Gasteiger partial charge in [0.25, 0.3) is 0 Å². The van der Waals surface area contributed by atoms with Gasteiger partial charge in [0, 0.05) is 10.0 Å². The lowest BCUT2D eigenvalue weighted by Crippen LogP contribution is -2.29. The minimum absolute atomic E-state index is 0.329. The molecule has 0 aliphatic rings. The third-order valence-corrected chi connectivity index (χ3v) is 3.53. The number of hydrogen-bond donors (Lipinski definition) is 2. The first-order valence-corrected chi connectivity index (χ1v) is 6.62. The fraction of sp³-hybridized carbons (Fsp3) is 0.143. The molecule has 0 aromatic heterocycles. The van der Waals surface area contributed by atoms with Gasteiger partial charge in [0.2, 0.25) is 0 Å². The smallest absolute Gasteiger partial charge is 0.159 e. The number of rotatable bonds is 4. The third-order valence-electron chi connectivity index (χ3n) is 2.96. The molecule has 0 aliphatic carbocycles. The van der Waals surface area contributed by atoms with Crippen LogP contribution in [-0.4, -0.2) is 0 Å². The van der Waals surface area contributed by atoms with Gasteiger partial charge in [-0.3, -0.25) is 11.3 Å². The van der Waals surface area contributed by atoms with Crippen molar-refractivity contribution >= 4 is 23.2 Å². The van der Waals surface area contributed by atoms with Crippen LogP contribution in [0.1, 0.15) is 17.2 Å². The van der Waals surface area contributed by atoms with Crippen molar-refractivity contribution in [3.8, 4) is 0 Å². The van der Waals surface area contributed by atoms with Gasteiger partial charge >= 0.3 is 0 Å². The number of nitrogens with one attached hydrogen (secondary N) is 1. The van der Waals surface area contributed by atoms with Crippen molar-refractivity contribution in [3.63, 3.8) is 0 Å². The van der Waals surface area contributed by atoms with Crippen molar-refractivity contribution in [1.82, 2.24) is 5.43 Å². The van der Waals surface area contributed by atoms with E-state index < -0.39 is 11.6 Å². The van der Waals surface area contributed by atoms with Crippen LogP contribution in [-0.2, 0) is 6.42 Å². The lowest BCUT2D eigenvalue weighted by Gasteiger charge is -2.18. The summed E-state index contributed by atoms with van der Waals surface area (Å²) in [4.78, 5) is 0. The summed E-state index contributed by atoms with van der Waals surface area (Å²) in [6.07, 6.45) is 0.370. The highest BCUT2D eigenvalue weighted by Gasteiger charge is 2.15. The lowest BCUT2D eigenvalue weighted by atomic mass is 9.99. The van der Waals surface area contributed by atoms with Crippen molar-refractivity contribution < 1.29 is 8.78 Å². The van der Waals surface area contributed by atoms with E-state index in [1.807, 2.05) is 0 Å². The maximum absolute atomic E-state index is 13.2. The number of benzene rings is 2. The van der Waals surface area contributed by atoms with Gasteiger partial charge in [-0.05, 0) is 41.8 Å². The first-order valence-electron chi connectivity index (χ1n) is 5.86. The molecule has 2 aromatic carbocycles. The van der Waals surface area contributed by atoms with Crippen molar-refractivity contribution in [3.05, 3.63) is 69.2 Å². The number of nitrogens with two attached hydrogens (primary N) is 1. The molecule has 0 spiro atoms. The molecule has 2 rings (SSSR count). The highest BCUT2D eigenvalue weighted by atomic mass is 35.5. The topological polar surface area (TPSA) is 38.0 Å². The summed E-state index contributed by atoms with van der Waals surface area (Å²) < 4.78 is 26.1. The van der Waals surface area contributed by atoms with E-state index in [9.17, 15) is 8.78 Å². The summed E-state index contributed by atoms with van der Waals surface area (Å²) >= 11 is 11.9. The molecule has 2 aromatic rings. The van der Waals surface area contributed by atoms with E-state index in [1.54, 1.807) is 18.2 Å². The summed E-state index contributed by atoms with van der Waals surface area (Å²) in [5.41, 5.74) is 3.97. The second-order valence-electron chi connectivity index (χ2n) is 4.34. The van der Waals surface area contributed by atoms with E-state index in [2.05, 4.69) is 5.43 Å². The molecule has 1 unspecified atom stereocenters. The van der Waals surface area contributed by atoms with Crippen LogP contribution in [0.5, 0.6) is 0 Å². The molecule has 106 valence electrons. The Morgan fingerprint density at radius 3 is 2.40 bits per heavy atom. The summed E-state index contributed by atoms with van der Waals surface area (Å²) in [5.74, 6) is 3.75. The Kier molecular flexibility index (Phi) is 4.94. The average Bonchev–Trinajstić information content (AvgIpc) is 2.41. The summed E-state index contributed by atoms with van der Waals surface area (Å²) in [7, 11) is 0. The van der Waals surface area contributed by atoms with E-state index in [0.29, 0.717) is 22.0 Å². The van der Waals surface area contributed by atoms with Gasteiger partial charge in [0.15, 0.2) is 11.6 Å². The molecule has 0 saturated heterocycles. The molecule has 0 amide bonds. The van der Waals surface area contributed by atoms with E-state index in [4.69, 9.17) is 29.0 Å². The Hall–Kier alpha value is -1.20. The van der Waals surface area contributed by atoms with Crippen LogP contribution in [0.15, 0.2) is 36.4 Å². The van der Waals surface area contributed by atoms with E-state index >= 15 is 0 Å². The SMILES string of the molecule is NNC(Cc1ccc(F)c(F)c1)c1ccc(Cl)cc1Cl. The van der Waals surface area contributed by atoms with Gasteiger partial charge in [-0.1, -0.05) is 35.3 Å². The molecule has 3 N–H and O–H groups in total. The number of halogens is 4. The van der Waals surface area contributed by atoms with E-state index in [-0.39, 0.29) is 6.04 Å². The quantitative estimate of drug-likeness (QED) is 0.660. The van der Waals surface area contributed by atoms with Gasteiger partial charge in [-0.15, -0.1) is 0 Å². The van der Waals surface area contributed by atoms with Crippen LogP contribution < -0.4 is 11.3 Å². The predicted molar refractivity (Wildman–Crippen MR) is 76.6 cm³/mol. The van der Waals surface area contributed by atoms with Gasteiger partial charge < -0.3 is 0 Å². The second kappa shape index (κ2) is 6.50. The predicted octanol–water partition coefficient (Wildman–Crippen LogP) is 4.02. The van der Waals surface area contributed by atoms with Crippen molar-refractivity contribution in [2.75, 3.05) is 0 Å². The molecule has 20 heavy (non-hydrogen) atoms. The Morgan fingerprint density at radius 1 is 1.05 bits per heavy atom. The van der Waals surface area contributed by atoms with Crippen LogP contribution in [0.2, 0.25) is 10.0 Å². The number of hydrazine groups is 1. The monoisotopic (exact) mass is 316 g/mol. The lowest BCUT2D eigenvalue weighted by molar-refractivity contribution is 0.502. The number of hydrogen-bond acceptors (Lipinski definition) is 2. The Labute approximate surface area is 125 Å². The highest BCUT2D eigenvalue weighted by Crippen LogP contribution is 2.28. The standard InChI is InChI=1S/C14H12Cl2F2N2/c15-9-2-3-10(11(16)7-9)14(20-19)6-8-1-4-12(17)13(18)5-8/h1-5,7,14,20H,6,19H2. The maximum Gasteiger partial charge on any atom is 0.159 e. The minimum atomic E-state index is -0.888. The Morgan fingerprint density at radius 2 is 1.80 bits per heavy atom. The first kappa shape index (κ1) is 15.2. The fourth-order valence-electron chi connectivity index (χ4n) is 1.95. The zero-order valence-corrected chi connectivity index (χ0v) is 11.8. The Bertz CT molecular complexity index is 620. The molecule has 0 bridgehead atoms. The Balaban J connectivity index is 2.26. The summed E-state index contributed by atoms with van der Waals surface area (Å²) in [5, 5.41) is 0.977. The van der Waals surface area contributed by atoms with E-state index in [0.717, 1.165) is 17.7 Å². The van der Waals surface area contributed by atoms with Crippen molar-refractivity contribution in [1.29, 1.82) is 0 Å². The van der Waals surface area contributed by atoms with Crippen molar-refractivity contribution in [2.24, 2.45) is 5.84 Å². The van der Waals surface area contributed by atoms with Crippen LogP contribution in [0, 0.1) is 11.6 Å². The molecule has 0 fully saturated rings. The van der Waals surface area contributed by atoms with Gasteiger partial charge in [-0.25, -0.2) is 8.78 Å². The molecule has 0 saturated carbocycles. The van der Waals surface area contributed by atoms with Crippen LogP contribution in [0.25, 0.3) is 0 Å². The highest BCUT2D eigenvalue weighted by molar-refractivity contribution is 6.35. The first-order chi connectivity index (χ1) is 9.51. The van der Waals surface area contributed by atoms with Gasteiger partial charge in [0.05, 0.1) is 6.04 Å². The molecule has 2 nitrogen and oxygen atoms in total. The van der Waals surface area contributed by atoms with Crippen molar-refractivity contribution in [2.45, 2.75) is 12.5 Å². The largest absolute Gasteiger partial charge is 0.271 e. The average molecular weight is 317 g/mol. The zero-order chi connectivity index (χ0) is 14.7. The zero-order valence-electron chi connectivity index (χ0n) is 10.3.